The molecule has 0 saturated carbocycles. The van der Waals surface area contributed by atoms with Crippen molar-refractivity contribution in [3.63, 3.8) is 0 Å². The number of nitrogens with zero attached hydrogens (tertiary/aromatic N) is 4. The molecular formula is C23H21ClN4O2S. The van der Waals surface area contributed by atoms with Crippen LogP contribution in [0, 0.1) is 0 Å². The number of benzene rings is 2. The van der Waals surface area contributed by atoms with Crippen molar-refractivity contribution in [2.24, 2.45) is 0 Å². The van der Waals surface area contributed by atoms with Gasteiger partial charge in [-0.1, -0.05) is 58.9 Å². The van der Waals surface area contributed by atoms with E-state index in [1.54, 1.807) is 11.8 Å². The summed E-state index contributed by atoms with van der Waals surface area (Å²) in [7, 11) is 0. The molecule has 1 saturated heterocycles. The van der Waals surface area contributed by atoms with Gasteiger partial charge in [-0.25, -0.2) is 0 Å². The predicted molar refractivity (Wildman–Crippen MR) is 121 cm³/mol. The number of thioether (sulfide) groups is 1. The molecule has 0 unspecified atom stereocenters. The molecule has 0 amide bonds. The van der Waals surface area contributed by atoms with Crippen LogP contribution in [0.1, 0.15) is 18.5 Å². The fourth-order valence-electron chi connectivity index (χ4n) is 3.62. The average Bonchev–Trinajstić information content (AvgIpc) is 3.56. The van der Waals surface area contributed by atoms with Gasteiger partial charge in [0.05, 0.1) is 18.3 Å². The first-order chi connectivity index (χ1) is 15.3. The van der Waals surface area contributed by atoms with Gasteiger partial charge in [-0.2, -0.15) is 0 Å². The highest BCUT2D eigenvalue weighted by atomic mass is 35.5. The lowest BCUT2D eigenvalue weighted by molar-refractivity contribution is 0.0953. The maximum atomic E-state index is 6.06. The van der Waals surface area contributed by atoms with Crippen molar-refractivity contribution in [3.8, 4) is 22.7 Å². The highest BCUT2D eigenvalue weighted by molar-refractivity contribution is 7.98. The highest BCUT2D eigenvalue weighted by Gasteiger charge is 2.22. The predicted octanol–water partition coefficient (Wildman–Crippen LogP) is 5.72. The maximum Gasteiger partial charge on any atom is 0.191 e. The van der Waals surface area contributed by atoms with Gasteiger partial charge < -0.3 is 9.26 Å². The standard InChI is InChI=1S/C23H21ClN4O2S/c24-18-10-8-17(9-11-18)22-25-26-23(28(22)14-20-7-4-12-29-20)31-15-19-13-21(30-27-19)16-5-2-1-3-6-16/h1-3,5-6,8-11,13,20H,4,7,12,14-15H2/t20-/m1/s1. The summed E-state index contributed by atoms with van der Waals surface area (Å²) in [6.07, 6.45) is 2.32. The number of halogens is 1. The largest absolute Gasteiger partial charge is 0.376 e. The van der Waals surface area contributed by atoms with E-state index in [0.29, 0.717) is 10.8 Å². The number of hydrogen-bond donors (Lipinski definition) is 0. The SMILES string of the molecule is Clc1ccc(-c2nnc(SCc3cc(-c4ccccc4)on3)n2C[C@H]2CCCO2)cc1. The number of ether oxygens (including phenoxy) is 1. The number of hydrogen-bond acceptors (Lipinski definition) is 6. The molecule has 1 atom stereocenters. The summed E-state index contributed by atoms with van der Waals surface area (Å²) in [4.78, 5) is 0. The Hall–Kier alpha value is -2.61. The Morgan fingerprint density at radius 1 is 1.03 bits per heavy atom. The Bertz CT molecular complexity index is 1140. The average molecular weight is 453 g/mol. The van der Waals surface area contributed by atoms with Crippen LogP contribution in [-0.4, -0.2) is 32.6 Å². The molecular weight excluding hydrogens is 432 g/mol. The van der Waals surface area contributed by atoms with E-state index < -0.39 is 0 Å². The van der Waals surface area contributed by atoms with Gasteiger partial charge in [0.25, 0.3) is 0 Å². The monoisotopic (exact) mass is 452 g/mol. The van der Waals surface area contributed by atoms with Crippen LogP contribution in [0.4, 0.5) is 0 Å². The van der Waals surface area contributed by atoms with Crippen molar-refractivity contribution in [1.82, 2.24) is 19.9 Å². The summed E-state index contributed by atoms with van der Waals surface area (Å²) in [5.74, 6) is 2.22. The molecule has 0 aliphatic carbocycles. The van der Waals surface area contributed by atoms with Crippen LogP contribution >= 0.6 is 23.4 Å². The van der Waals surface area contributed by atoms with Crippen molar-refractivity contribution in [3.05, 3.63) is 71.4 Å². The van der Waals surface area contributed by atoms with Crippen molar-refractivity contribution in [2.75, 3.05) is 6.61 Å². The molecule has 2 aromatic carbocycles. The van der Waals surface area contributed by atoms with E-state index in [1.807, 2.05) is 60.7 Å². The summed E-state index contributed by atoms with van der Waals surface area (Å²) in [6, 6.07) is 19.6. The molecule has 5 rings (SSSR count). The molecule has 1 aliphatic rings. The third-order valence-electron chi connectivity index (χ3n) is 5.20. The molecule has 0 N–H and O–H groups in total. The summed E-state index contributed by atoms with van der Waals surface area (Å²) in [6.45, 7) is 1.54. The zero-order valence-corrected chi connectivity index (χ0v) is 18.4. The minimum Gasteiger partial charge on any atom is -0.376 e. The lowest BCUT2D eigenvalue weighted by atomic mass is 10.2. The van der Waals surface area contributed by atoms with Crippen LogP contribution < -0.4 is 0 Å². The minimum atomic E-state index is 0.179. The van der Waals surface area contributed by atoms with Crippen LogP contribution in [0.15, 0.2) is 70.3 Å². The van der Waals surface area contributed by atoms with Crippen molar-refractivity contribution < 1.29 is 9.26 Å². The van der Waals surface area contributed by atoms with Gasteiger partial charge in [-0.05, 0) is 37.1 Å². The number of rotatable bonds is 7. The first kappa shape index (κ1) is 20.3. The summed E-state index contributed by atoms with van der Waals surface area (Å²) < 4.78 is 13.5. The first-order valence-corrected chi connectivity index (χ1v) is 11.6. The van der Waals surface area contributed by atoms with E-state index in [0.717, 1.165) is 59.6 Å². The van der Waals surface area contributed by atoms with Gasteiger partial charge >= 0.3 is 0 Å². The highest BCUT2D eigenvalue weighted by Crippen LogP contribution is 2.30. The molecule has 158 valence electrons. The Kier molecular flexibility index (Phi) is 6.06. The Morgan fingerprint density at radius 3 is 2.65 bits per heavy atom. The smallest absolute Gasteiger partial charge is 0.191 e. The Balaban J connectivity index is 1.37. The molecule has 4 aromatic rings. The van der Waals surface area contributed by atoms with Crippen LogP contribution in [-0.2, 0) is 17.0 Å². The molecule has 31 heavy (non-hydrogen) atoms. The molecule has 0 spiro atoms. The second-order valence-electron chi connectivity index (χ2n) is 7.40. The molecule has 2 aromatic heterocycles. The van der Waals surface area contributed by atoms with E-state index >= 15 is 0 Å². The van der Waals surface area contributed by atoms with Crippen molar-refractivity contribution in [1.29, 1.82) is 0 Å². The maximum absolute atomic E-state index is 6.06. The third kappa shape index (κ3) is 4.69. The van der Waals surface area contributed by atoms with Crippen LogP contribution in [0.5, 0.6) is 0 Å². The Morgan fingerprint density at radius 2 is 1.87 bits per heavy atom. The molecule has 8 heteroatoms. The summed E-state index contributed by atoms with van der Waals surface area (Å²) in [5.41, 5.74) is 2.86. The summed E-state index contributed by atoms with van der Waals surface area (Å²) >= 11 is 7.66. The molecule has 1 fully saturated rings. The van der Waals surface area contributed by atoms with Crippen LogP contribution in [0.25, 0.3) is 22.7 Å². The van der Waals surface area contributed by atoms with Gasteiger partial charge in [0.15, 0.2) is 16.7 Å². The molecule has 0 radical (unpaired) electrons. The Labute approximate surface area is 189 Å². The van der Waals surface area contributed by atoms with Gasteiger partial charge in [-0.15, -0.1) is 10.2 Å². The summed E-state index contributed by atoms with van der Waals surface area (Å²) in [5, 5.41) is 14.7. The van der Waals surface area contributed by atoms with Crippen LogP contribution in [0.3, 0.4) is 0 Å². The van der Waals surface area contributed by atoms with Gasteiger partial charge in [0.2, 0.25) is 0 Å². The van der Waals surface area contributed by atoms with Gasteiger partial charge in [-0.3, -0.25) is 4.57 Å². The van der Waals surface area contributed by atoms with Gasteiger partial charge in [0, 0.05) is 34.6 Å². The second kappa shape index (κ2) is 9.26. The van der Waals surface area contributed by atoms with E-state index in [4.69, 9.17) is 20.9 Å². The zero-order valence-electron chi connectivity index (χ0n) is 16.8. The lowest BCUT2D eigenvalue weighted by Gasteiger charge is -2.14. The van der Waals surface area contributed by atoms with E-state index in [9.17, 15) is 0 Å². The fraction of sp³-hybridized carbons (Fsp3) is 0.261. The fourth-order valence-corrected chi connectivity index (χ4v) is 4.58. The first-order valence-electron chi connectivity index (χ1n) is 10.2. The topological polar surface area (TPSA) is 66.0 Å². The van der Waals surface area contributed by atoms with E-state index in [1.165, 1.54) is 0 Å². The lowest BCUT2D eigenvalue weighted by Crippen LogP contribution is -2.16. The normalized spacial score (nSPS) is 16.1. The van der Waals surface area contributed by atoms with E-state index in [2.05, 4.69) is 19.9 Å². The molecule has 3 heterocycles. The second-order valence-corrected chi connectivity index (χ2v) is 8.77. The quantitative estimate of drug-likeness (QED) is 0.334. The van der Waals surface area contributed by atoms with Crippen LogP contribution in [0.2, 0.25) is 5.02 Å². The number of aromatic nitrogens is 4. The molecule has 1 aliphatic heterocycles. The minimum absolute atomic E-state index is 0.179. The van der Waals surface area contributed by atoms with E-state index in [-0.39, 0.29) is 6.10 Å². The van der Waals surface area contributed by atoms with Crippen molar-refractivity contribution >= 4 is 23.4 Å². The molecule has 0 bridgehead atoms. The third-order valence-corrected chi connectivity index (χ3v) is 6.45. The molecule has 6 nitrogen and oxygen atoms in total. The zero-order chi connectivity index (χ0) is 21.0. The van der Waals surface area contributed by atoms with Crippen molar-refractivity contribution in [2.45, 2.75) is 36.4 Å². The van der Waals surface area contributed by atoms with Gasteiger partial charge in [0.1, 0.15) is 0 Å².